The van der Waals surface area contributed by atoms with Crippen LogP contribution in [0.3, 0.4) is 0 Å². The summed E-state index contributed by atoms with van der Waals surface area (Å²) in [5, 5.41) is 1.39. The Balaban J connectivity index is 2.74. The Morgan fingerprint density at radius 2 is 1.72 bits per heavy atom. The lowest BCUT2D eigenvalue weighted by Gasteiger charge is -2.31. The Bertz CT molecular complexity index is 386. The molecule has 0 atom stereocenters. The molecule has 1 rings (SSSR count). The first-order chi connectivity index (χ1) is 8.28. The summed E-state index contributed by atoms with van der Waals surface area (Å²) < 4.78 is 11.5. The molecule has 0 aliphatic heterocycles. The van der Waals surface area contributed by atoms with E-state index in [1.54, 1.807) is 7.11 Å². The van der Waals surface area contributed by atoms with Gasteiger partial charge < -0.3 is 9.16 Å². The van der Waals surface area contributed by atoms with Gasteiger partial charge >= 0.3 is 0 Å². The minimum atomic E-state index is -1.82. The molecule has 0 aromatic heterocycles. The normalized spacial score (nSPS) is 12.8. The van der Waals surface area contributed by atoms with Crippen molar-refractivity contribution in [3.63, 3.8) is 0 Å². The lowest BCUT2D eigenvalue weighted by Crippen LogP contribution is -2.48. The summed E-state index contributed by atoms with van der Waals surface area (Å²) in [4.78, 5) is 0. The summed E-state index contributed by atoms with van der Waals surface area (Å²) >= 11 is 0. The molecule has 0 spiro atoms. The van der Waals surface area contributed by atoms with Gasteiger partial charge in [-0.1, -0.05) is 38.1 Å². The van der Waals surface area contributed by atoms with E-state index in [-0.39, 0.29) is 5.41 Å². The van der Waals surface area contributed by atoms with Crippen molar-refractivity contribution in [1.82, 2.24) is 0 Å². The van der Waals surface area contributed by atoms with Crippen LogP contribution in [0.5, 0.6) is 0 Å². The Morgan fingerprint density at radius 3 is 2.28 bits per heavy atom. The van der Waals surface area contributed by atoms with Crippen molar-refractivity contribution in [2.75, 3.05) is 20.3 Å². The average Bonchev–Trinajstić information content (AvgIpc) is 2.27. The lowest BCUT2D eigenvalue weighted by molar-refractivity contribution is 0.0626. The number of hydrogen-bond donors (Lipinski definition) is 0. The van der Waals surface area contributed by atoms with Crippen molar-refractivity contribution in [2.24, 2.45) is 5.41 Å². The first-order valence-electron chi connectivity index (χ1n) is 6.47. The van der Waals surface area contributed by atoms with E-state index in [0.29, 0.717) is 0 Å². The number of aryl methyl sites for hydroxylation is 1. The van der Waals surface area contributed by atoms with E-state index < -0.39 is 8.32 Å². The van der Waals surface area contributed by atoms with Gasteiger partial charge in [0.15, 0.2) is 0 Å². The third-order valence-corrected chi connectivity index (χ3v) is 5.88. The fourth-order valence-corrected chi connectivity index (χ4v) is 4.57. The van der Waals surface area contributed by atoms with Crippen molar-refractivity contribution in [1.29, 1.82) is 0 Å². The summed E-state index contributed by atoms with van der Waals surface area (Å²) in [6.07, 6.45) is 0. The zero-order valence-electron chi connectivity index (χ0n) is 12.5. The molecule has 1 aromatic rings. The third kappa shape index (κ3) is 4.23. The van der Waals surface area contributed by atoms with Crippen LogP contribution in [-0.4, -0.2) is 28.6 Å². The first-order valence-corrected chi connectivity index (χ1v) is 9.38. The molecule has 2 nitrogen and oxygen atoms in total. The Kier molecular flexibility index (Phi) is 5.14. The highest BCUT2D eigenvalue weighted by Crippen LogP contribution is 2.19. The molecule has 0 N–H and O–H groups in total. The minimum Gasteiger partial charge on any atom is -0.412 e. The highest BCUT2D eigenvalue weighted by atomic mass is 28.4. The van der Waals surface area contributed by atoms with Gasteiger partial charge in [-0.25, -0.2) is 0 Å². The zero-order chi connectivity index (χ0) is 13.8. The van der Waals surface area contributed by atoms with Crippen LogP contribution in [-0.2, 0) is 9.16 Å². The molecule has 0 saturated carbocycles. The molecule has 3 heteroatoms. The van der Waals surface area contributed by atoms with Crippen LogP contribution >= 0.6 is 0 Å². The van der Waals surface area contributed by atoms with E-state index >= 15 is 0 Å². The lowest BCUT2D eigenvalue weighted by atomic mass is 9.97. The highest BCUT2D eigenvalue weighted by Gasteiger charge is 2.30. The van der Waals surface area contributed by atoms with Crippen molar-refractivity contribution in [3.05, 3.63) is 29.8 Å². The van der Waals surface area contributed by atoms with E-state index in [4.69, 9.17) is 9.16 Å². The number of benzene rings is 1. The quantitative estimate of drug-likeness (QED) is 0.737. The van der Waals surface area contributed by atoms with Gasteiger partial charge in [-0.15, -0.1) is 0 Å². The molecule has 102 valence electrons. The van der Waals surface area contributed by atoms with Crippen LogP contribution < -0.4 is 5.19 Å². The molecule has 0 unspecified atom stereocenters. The number of ether oxygens (including phenoxy) is 1. The average molecular weight is 266 g/mol. The van der Waals surface area contributed by atoms with E-state index in [2.05, 4.69) is 58.1 Å². The predicted octanol–water partition coefficient (Wildman–Crippen LogP) is 3.10. The predicted molar refractivity (Wildman–Crippen MR) is 79.9 cm³/mol. The fourth-order valence-electron chi connectivity index (χ4n) is 2.13. The molecule has 0 bridgehead atoms. The van der Waals surface area contributed by atoms with Crippen molar-refractivity contribution in [3.8, 4) is 0 Å². The van der Waals surface area contributed by atoms with Gasteiger partial charge in [-0.05, 0) is 30.8 Å². The van der Waals surface area contributed by atoms with Gasteiger partial charge in [0, 0.05) is 19.1 Å². The molecule has 0 aliphatic rings. The molecule has 1 aromatic carbocycles. The van der Waals surface area contributed by atoms with E-state index in [1.165, 1.54) is 10.8 Å². The van der Waals surface area contributed by atoms with Gasteiger partial charge in [0.1, 0.15) is 0 Å². The number of rotatable bonds is 6. The van der Waals surface area contributed by atoms with Gasteiger partial charge in [0.05, 0.1) is 6.61 Å². The maximum absolute atomic E-state index is 6.27. The van der Waals surface area contributed by atoms with Crippen molar-refractivity contribution in [2.45, 2.75) is 33.9 Å². The van der Waals surface area contributed by atoms with E-state index in [9.17, 15) is 0 Å². The van der Waals surface area contributed by atoms with Crippen LogP contribution in [0.25, 0.3) is 0 Å². The van der Waals surface area contributed by atoms with Gasteiger partial charge in [0.25, 0.3) is 0 Å². The second kappa shape index (κ2) is 6.00. The SMILES string of the molecule is COCC(C)(C)CO[Si](C)(C)c1ccccc1C. The summed E-state index contributed by atoms with van der Waals surface area (Å²) in [5.41, 5.74) is 1.40. The third-order valence-electron chi connectivity index (χ3n) is 3.15. The molecule has 18 heavy (non-hydrogen) atoms. The Morgan fingerprint density at radius 1 is 1.11 bits per heavy atom. The highest BCUT2D eigenvalue weighted by molar-refractivity contribution is 6.84. The summed E-state index contributed by atoms with van der Waals surface area (Å²) in [5.74, 6) is 0. The maximum Gasteiger partial charge on any atom is 0.218 e. The summed E-state index contributed by atoms with van der Waals surface area (Å²) in [6.45, 7) is 12.5. The standard InChI is InChI=1S/C15H26O2Si/c1-13-9-7-8-10-14(13)18(5,6)17-12-15(2,3)11-16-4/h7-10H,11-12H2,1-6H3. The first kappa shape index (κ1) is 15.4. The number of methoxy groups -OCH3 is 1. The topological polar surface area (TPSA) is 18.5 Å². The molecule has 0 amide bonds. The molecule has 0 radical (unpaired) electrons. The van der Waals surface area contributed by atoms with Crippen LogP contribution in [0.1, 0.15) is 19.4 Å². The summed E-state index contributed by atoms with van der Waals surface area (Å²) in [6, 6.07) is 8.54. The minimum absolute atomic E-state index is 0.0711. The second-order valence-electron chi connectivity index (χ2n) is 6.21. The van der Waals surface area contributed by atoms with E-state index in [0.717, 1.165) is 13.2 Å². The van der Waals surface area contributed by atoms with Crippen LogP contribution in [0.2, 0.25) is 13.1 Å². The second-order valence-corrected chi connectivity index (χ2v) is 10.1. The molecule has 0 aliphatic carbocycles. The zero-order valence-corrected chi connectivity index (χ0v) is 13.5. The Labute approximate surface area is 112 Å². The molecule has 0 saturated heterocycles. The Hall–Kier alpha value is -0.643. The smallest absolute Gasteiger partial charge is 0.218 e. The van der Waals surface area contributed by atoms with E-state index in [1.807, 2.05) is 0 Å². The monoisotopic (exact) mass is 266 g/mol. The van der Waals surface area contributed by atoms with Crippen molar-refractivity contribution >= 4 is 13.5 Å². The molecule has 0 heterocycles. The molecule has 0 fully saturated rings. The fraction of sp³-hybridized carbons (Fsp3) is 0.600. The summed E-state index contributed by atoms with van der Waals surface area (Å²) in [7, 11) is -0.0766. The molecular formula is C15H26O2Si. The number of hydrogen-bond acceptors (Lipinski definition) is 2. The van der Waals surface area contributed by atoms with Crippen LogP contribution in [0.4, 0.5) is 0 Å². The molecular weight excluding hydrogens is 240 g/mol. The largest absolute Gasteiger partial charge is 0.412 e. The van der Waals surface area contributed by atoms with Crippen molar-refractivity contribution < 1.29 is 9.16 Å². The maximum atomic E-state index is 6.27. The van der Waals surface area contributed by atoms with Gasteiger partial charge in [-0.3, -0.25) is 0 Å². The van der Waals surface area contributed by atoms with Crippen LogP contribution in [0, 0.1) is 12.3 Å². The van der Waals surface area contributed by atoms with Crippen LogP contribution in [0.15, 0.2) is 24.3 Å². The van der Waals surface area contributed by atoms with Gasteiger partial charge in [-0.2, -0.15) is 0 Å². The van der Waals surface area contributed by atoms with Gasteiger partial charge in [0.2, 0.25) is 8.32 Å².